The first-order valence-corrected chi connectivity index (χ1v) is 11.4. The molecule has 1 aromatic carbocycles. The fourth-order valence-corrected chi connectivity index (χ4v) is 7.31. The second-order valence-electron chi connectivity index (χ2n) is 5.83. The molecule has 2 fully saturated rings. The third kappa shape index (κ3) is 4.56. The lowest BCUT2D eigenvalue weighted by Crippen LogP contribution is -2.37. The van der Waals surface area contributed by atoms with Gasteiger partial charge in [-0.3, -0.25) is 4.79 Å². The van der Waals surface area contributed by atoms with Crippen molar-refractivity contribution in [2.24, 2.45) is 4.99 Å². The smallest absolute Gasteiger partial charge is 0.329 e. The minimum atomic E-state index is -3.13. The zero-order chi connectivity index (χ0) is 18.9. The predicted molar refractivity (Wildman–Crippen MR) is 106 cm³/mol. The predicted octanol–water partition coefficient (Wildman–Crippen LogP) is 0.994. The lowest BCUT2D eigenvalue weighted by atomic mass is 10.2. The van der Waals surface area contributed by atoms with Crippen molar-refractivity contribution in [2.45, 2.75) is 11.3 Å². The summed E-state index contributed by atoms with van der Waals surface area (Å²) in [6, 6.07) is 7.23. The van der Waals surface area contributed by atoms with Crippen molar-refractivity contribution >= 4 is 66.9 Å². The highest BCUT2D eigenvalue weighted by Gasteiger charge is 2.49. The molecule has 8 nitrogen and oxygen atoms in total. The topological polar surface area (TPSA) is 113 Å². The molecule has 3 rings (SSSR count). The fourth-order valence-electron chi connectivity index (χ4n) is 2.86. The molecule has 2 aliphatic rings. The first-order valence-electron chi connectivity index (χ1n) is 7.58. The maximum absolute atomic E-state index is 12.0. The number of benzene rings is 1. The summed E-state index contributed by atoms with van der Waals surface area (Å²) in [5.41, 5.74) is 0.770. The monoisotopic (exact) mass is 510 g/mol. The number of carbonyl (C=O) groups is 2. The van der Waals surface area contributed by atoms with Gasteiger partial charge in [-0.2, -0.15) is 4.99 Å². The molecule has 0 spiro atoms. The maximum Gasteiger partial charge on any atom is 0.329 e. The normalized spacial score (nSPS) is 25.4. The third-order valence-electron chi connectivity index (χ3n) is 3.82. The zero-order valence-corrected chi connectivity index (χ0v) is 17.2. The maximum atomic E-state index is 12.0. The number of hydrogen-bond acceptors (Lipinski definition) is 6. The van der Waals surface area contributed by atoms with E-state index in [0.717, 1.165) is 9.26 Å². The van der Waals surface area contributed by atoms with Gasteiger partial charge in [-0.1, -0.05) is 17.8 Å². The van der Waals surface area contributed by atoms with Crippen LogP contribution < -0.4 is 4.90 Å². The van der Waals surface area contributed by atoms with E-state index in [1.165, 1.54) is 11.8 Å². The molecule has 2 atom stereocenters. The average molecular weight is 510 g/mol. The van der Waals surface area contributed by atoms with Gasteiger partial charge in [-0.05, 0) is 40.8 Å². The van der Waals surface area contributed by atoms with Gasteiger partial charge in [-0.15, -0.1) is 0 Å². The highest BCUT2D eigenvalue weighted by Crippen LogP contribution is 2.41. The van der Waals surface area contributed by atoms with E-state index >= 15 is 0 Å². The summed E-state index contributed by atoms with van der Waals surface area (Å²) in [4.78, 5) is 28.3. The molecule has 0 saturated carbocycles. The van der Waals surface area contributed by atoms with E-state index in [2.05, 4.69) is 27.6 Å². The van der Waals surface area contributed by atoms with Crippen LogP contribution >= 0.6 is 34.4 Å². The summed E-state index contributed by atoms with van der Waals surface area (Å²) in [5, 5.41) is 8.77. The van der Waals surface area contributed by atoms with E-state index in [1.807, 2.05) is 24.3 Å². The molecule has 0 aliphatic carbocycles. The van der Waals surface area contributed by atoms with Gasteiger partial charge >= 0.3 is 5.97 Å². The SMILES string of the molecule is O=C(O)COCC(=O)N=C1S[C@@H]2CS(=O)(=O)C[C@@H]2N1c1cccc(I)c1. The number of ether oxygens (including phenoxy) is 1. The second kappa shape index (κ2) is 7.82. The average Bonchev–Trinajstić information content (AvgIpc) is 2.97. The first kappa shape index (κ1) is 19.6. The Morgan fingerprint density at radius 3 is 2.81 bits per heavy atom. The molecular formula is C15H15IN2O6S2. The van der Waals surface area contributed by atoms with Crippen LogP contribution in [0.15, 0.2) is 29.3 Å². The molecule has 11 heteroatoms. The summed E-state index contributed by atoms with van der Waals surface area (Å²) < 4.78 is 29.7. The van der Waals surface area contributed by atoms with Gasteiger partial charge in [0.2, 0.25) is 0 Å². The number of aliphatic imine (C=N–C) groups is 1. The molecule has 0 bridgehead atoms. The Bertz CT molecular complexity index is 873. The van der Waals surface area contributed by atoms with Crippen LogP contribution in [0.25, 0.3) is 0 Å². The van der Waals surface area contributed by atoms with Crippen molar-refractivity contribution in [1.29, 1.82) is 0 Å². The van der Waals surface area contributed by atoms with E-state index in [4.69, 9.17) is 9.84 Å². The highest BCUT2D eigenvalue weighted by molar-refractivity contribution is 14.1. The van der Waals surface area contributed by atoms with Crippen LogP contribution in [0.1, 0.15) is 0 Å². The quantitative estimate of drug-likeness (QED) is 0.584. The lowest BCUT2D eigenvalue weighted by molar-refractivity contribution is -0.143. The Hall–Kier alpha value is -1.18. The summed E-state index contributed by atoms with van der Waals surface area (Å²) in [5.74, 6) is -1.71. The molecule has 140 valence electrons. The molecule has 0 unspecified atom stereocenters. The van der Waals surface area contributed by atoms with Gasteiger partial charge in [0.05, 0.1) is 17.5 Å². The Morgan fingerprint density at radius 2 is 2.12 bits per heavy atom. The summed E-state index contributed by atoms with van der Waals surface area (Å²) in [6.07, 6.45) is 0. The van der Waals surface area contributed by atoms with Crippen LogP contribution in [-0.4, -0.2) is 66.6 Å². The van der Waals surface area contributed by atoms with E-state index in [1.54, 1.807) is 4.90 Å². The molecule has 2 aliphatic heterocycles. The molecule has 1 N–H and O–H groups in total. The van der Waals surface area contributed by atoms with Crippen LogP contribution in [0.2, 0.25) is 0 Å². The van der Waals surface area contributed by atoms with Crippen LogP contribution in [0, 0.1) is 3.57 Å². The van der Waals surface area contributed by atoms with E-state index in [0.29, 0.717) is 5.17 Å². The lowest BCUT2D eigenvalue weighted by Gasteiger charge is -2.24. The Balaban J connectivity index is 1.85. The summed E-state index contributed by atoms with van der Waals surface area (Å²) in [7, 11) is -3.13. The molecule has 1 aromatic rings. The number of aliphatic carboxylic acids is 1. The van der Waals surface area contributed by atoms with Gasteiger partial charge in [0.1, 0.15) is 13.2 Å². The molecule has 26 heavy (non-hydrogen) atoms. The number of sulfone groups is 1. The minimum absolute atomic E-state index is 0.0128. The van der Waals surface area contributed by atoms with Gasteiger partial charge in [0.25, 0.3) is 5.91 Å². The number of carbonyl (C=O) groups excluding carboxylic acids is 1. The number of nitrogens with zero attached hydrogens (tertiary/aromatic N) is 2. The fraction of sp³-hybridized carbons (Fsp3) is 0.400. The first-order chi connectivity index (χ1) is 12.2. The number of thioether (sulfide) groups is 1. The molecular weight excluding hydrogens is 495 g/mol. The number of carboxylic acid groups (broad SMARTS) is 1. The molecule has 0 aromatic heterocycles. The van der Waals surface area contributed by atoms with Gasteiger partial charge in [-0.25, -0.2) is 13.2 Å². The van der Waals surface area contributed by atoms with Gasteiger partial charge in [0.15, 0.2) is 15.0 Å². The third-order valence-corrected chi connectivity index (χ3v) is 7.71. The number of fused-ring (bicyclic) bond motifs is 1. The Labute approximate surface area is 168 Å². The molecule has 2 heterocycles. The van der Waals surface area contributed by atoms with Crippen LogP contribution in [0.4, 0.5) is 5.69 Å². The van der Waals surface area contributed by atoms with Crippen LogP contribution in [-0.2, 0) is 24.2 Å². The minimum Gasteiger partial charge on any atom is -0.480 e. The zero-order valence-electron chi connectivity index (χ0n) is 13.4. The van der Waals surface area contributed by atoms with Gasteiger partial charge in [0, 0.05) is 14.5 Å². The van der Waals surface area contributed by atoms with E-state index in [9.17, 15) is 18.0 Å². The number of amidine groups is 1. The van der Waals surface area contributed by atoms with Crippen molar-refractivity contribution in [1.82, 2.24) is 0 Å². The molecule has 2 saturated heterocycles. The van der Waals surface area contributed by atoms with Crippen molar-refractivity contribution in [3.63, 3.8) is 0 Å². The highest BCUT2D eigenvalue weighted by atomic mass is 127. The Morgan fingerprint density at radius 1 is 1.35 bits per heavy atom. The number of halogens is 1. The van der Waals surface area contributed by atoms with E-state index < -0.39 is 34.9 Å². The number of anilines is 1. The van der Waals surface area contributed by atoms with E-state index in [-0.39, 0.29) is 22.8 Å². The van der Waals surface area contributed by atoms with Crippen molar-refractivity contribution in [3.05, 3.63) is 27.8 Å². The van der Waals surface area contributed by atoms with Crippen molar-refractivity contribution in [3.8, 4) is 0 Å². The standard InChI is InChI=1S/C15H15IN2O6S2/c16-9-2-1-3-10(4-9)18-11-7-26(22,23)8-12(11)25-15(18)17-13(19)5-24-6-14(20)21/h1-4,11-12H,5-8H2,(H,20,21)/t11-,12+/m0/s1. The molecule has 1 amide bonds. The number of amides is 1. The van der Waals surface area contributed by atoms with Crippen LogP contribution in [0.3, 0.4) is 0 Å². The second-order valence-corrected chi connectivity index (χ2v) is 10.4. The van der Waals surface area contributed by atoms with Crippen molar-refractivity contribution in [2.75, 3.05) is 29.6 Å². The van der Waals surface area contributed by atoms with Gasteiger partial charge < -0.3 is 14.7 Å². The largest absolute Gasteiger partial charge is 0.480 e. The molecule has 0 radical (unpaired) electrons. The number of rotatable bonds is 5. The van der Waals surface area contributed by atoms with Crippen LogP contribution in [0.5, 0.6) is 0 Å². The van der Waals surface area contributed by atoms with Crippen molar-refractivity contribution < 1.29 is 27.9 Å². The number of hydrogen-bond donors (Lipinski definition) is 1. The summed E-state index contributed by atoms with van der Waals surface area (Å²) in [6.45, 7) is -1.02. The number of carboxylic acids is 1. The Kier molecular flexibility index (Phi) is 5.89. The summed E-state index contributed by atoms with van der Waals surface area (Å²) >= 11 is 3.42.